The zero-order chi connectivity index (χ0) is 19.9. The average Bonchev–Trinajstić information content (AvgIpc) is 2.78. The molecule has 0 saturated carbocycles. The quantitative estimate of drug-likeness (QED) is 0.652. The van der Waals surface area contributed by atoms with Crippen LogP contribution < -0.4 is 9.47 Å². The van der Waals surface area contributed by atoms with E-state index >= 15 is 0 Å². The summed E-state index contributed by atoms with van der Waals surface area (Å²) in [6.07, 6.45) is 5.58. The minimum absolute atomic E-state index is 0.649. The van der Waals surface area contributed by atoms with Crippen LogP contribution in [0.15, 0.2) is 71.9 Å². The Hall–Kier alpha value is -2.72. The van der Waals surface area contributed by atoms with Crippen molar-refractivity contribution >= 4 is 6.08 Å². The van der Waals surface area contributed by atoms with E-state index in [1.54, 1.807) is 0 Å². The fourth-order valence-corrected chi connectivity index (χ4v) is 3.90. The lowest BCUT2D eigenvalue weighted by molar-refractivity contribution is 0.149. The molecule has 1 saturated heterocycles. The maximum absolute atomic E-state index is 5.88. The number of nitrogens with zero attached hydrogens (tertiary/aromatic N) is 2. The number of ether oxygens (including phenoxy) is 2. The van der Waals surface area contributed by atoms with E-state index in [-0.39, 0.29) is 0 Å². The van der Waals surface area contributed by atoms with Gasteiger partial charge in [0.25, 0.3) is 0 Å². The summed E-state index contributed by atoms with van der Waals surface area (Å²) in [6, 6.07) is 18.3. The summed E-state index contributed by atoms with van der Waals surface area (Å²) >= 11 is 0. The first-order chi connectivity index (χ1) is 14.3. The Morgan fingerprint density at radius 1 is 1.00 bits per heavy atom. The van der Waals surface area contributed by atoms with Crippen LogP contribution in [0.2, 0.25) is 0 Å². The van der Waals surface area contributed by atoms with E-state index in [1.165, 1.54) is 16.8 Å². The molecule has 0 aromatic heterocycles. The van der Waals surface area contributed by atoms with Gasteiger partial charge in [0.2, 0.25) is 0 Å². The predicted octanol–water partition coefficient (Wildman–Crippen LogP) is 4.45. The molecule has 4 heteroatoms. The molecule has 2 heterocycles. The second-order valence-corrected chi connectivity index (χ2v) is 7.68. The van der Waals surface area contributed by atoms with Crippen molar-refractivity contribution in [3.05, 3.63) is 77.5 Å². The highest BCUT2D eigenvalue weighted by Gasteiger charge is 2.17. The highest BCUT2D eigenvalue weighted by Crippen LogP contribution is 2.27. The first-order valence-electron chi connectivity index (χ1n) is 10.5. The van der Waals surface area contributed by atoms with Gasteiger partial charge in [-0.05, 0) is 49.3 Å². The van der Waals surface area contributed by atoms with Crippen molar-refractivity contribution in [3.8, 4) is 11.5 Å². The van der Waals surface area contributed by atoms with Gasteiger partial charge in [-0.3, -0.25) is 4.90 Å². The van der Waals surface area contributed by atoms with Crippen molar-refractivity contribution in [1.29, 1.82) is 0 Å². The maximum atomic E-state index is 5.88. The summed E-state index contributed by atoms with van der Waals surface area (Å²) in [7, 11) is 0. The van der Waals surface area contributed by atoms with Crippen molar-refractivity contribution in [1.82, 2.24) is 9.80 Å². The Kier molecular flexibility index (Phi) is 6.52. The normalized spacial score (nSPS) is 17.3. The maximum Gasteiger partial charge on any atom is 0.127 e. The average molecular weight is 391 g/mol. The third kappa shape index (κ3) is 5.42. The lowest BCUT2D eigenvalue weighted by Gasteiger charge is -2.36. The molecule has 2 aromatic rings. The molecule has 0 radical (unpaired) electrons. The molecule has 2 aromatic carbocycles. The fourth-order valence-electron chi connectivity index (χ4n) is 3.90. The van der Waals surface area contributed by atoms with Gasteiger partial charge < -0.3 is 14.4 Å². The van der Waals surface area contributed by atoms with Crippen molar-refractivity contribution in [3.63, 3.8) is 0 Å². The molecule has 0 N–H and O–H groups in total. The number of benzene rings is 2. The Balaban J connectivity index is 1.21. The number of hydrogen-bond donors (Lipinski definition) is 0. The van der Waals surface area contributed by atoms with Crippen LogP contribution in [0.3, 0.4) is 0 Å². The van der Waals surface area contributed by atoms with Gasteiger partial charge in [0, 0.05) is 44.0 Å². The topological polar surface area (TPSA) is 24.9 Å². The molecule has 2 aliphatic heterocycles. The predicted molar refractivity (Wildman–Crippen MR) is 118 cm³/mol. The van der Waals surface area contributed by atoms with E-state index in [1.807, 2.05) is 42.5 Å². The minimum atomic E-state index is 0.649. The van der Waals surface area contributed by atoms with Crippen molar-refractivity contribution in [2.75, 3.05) is 45.9 Å². The number of piperazine rings is 1. The summed E-state index contributed by atoms with van der Waals surface area (Å²) < 4.78 is 11.7. The number of rotatable bonds is 7. The van der Waals surface area contributed by atoms with Gasteiger partial charge in [-0.2, -0.15) is 0 Å². The van der Waals surface area contributed by atoms with Crippen LogP contribution in [0.25, 0.3) is 6.08 Å². The monoisotopic (exact) mass is 390 g/mol. The van der Waals surface area contributed by atoms with Crippen LogP contribution >= 0.6 is 0 Å². The van der Waals surface area contributed by atoms with Gasteiger partial charge in [-0.15, -0.1) is 0 Å². The van der Waals surface area contributed by atoms with Crippen molar-refractivity contribution in [2.24, 2.45) is 0 Å². The zero-order valence-corrected chi connectivity index (χ0v) is 17.2. The number of fused-ring (bicyclic) bond motifs is 1. The smallest absolute Gasteiger partial charge is 0.127 e. The van der Waals surface area contributed by atoms with E-state index in [4.69, 9.17) is 9.47 Å². The van der Waals surface area contributed by atoms with E-state index in [2.05, 4.69) is 41.0 Å². The molecule has 152 valence electrons. The van der Waals surface area contributed by atoms with Crippen LogP contribution in [0, 0.1) is 0 Å². The Labute approximate surface area is 174 Å². The van der Waals surface area contributed by atoms with Gasteiger partial charge in [-0.25, -0.2) is 0 Å². The van der Waals surface area contributed by atoms with Gasteiger partial charge in [0.15, 0.2) is 0 Å². The first-order valence-corrected chi connectivity index (χ1v) is 10.5. The van der Waals surface area contributed by atoms with E-state index in [0.29, 0.717) is 6.61 Å². The molecule has 0 spiro atoms. The van der Waals surface area contributed by atoms with Gasteiger partial charge in [-0.1, -0.05) is 36.4 Å². The molecule has 1 fully saturated rings. The van der Waals surface area contributed by atoms with Gasteiger partial charge in [0.1, 0.15) is 18.1 Å². The zero-order valence-electron chi connectivity index (χ0n) is 17.2. The Bertz CT molecular complexity index is 852. The summed E-state index contributed by atoms with van der Waals surface area (Å²) in [5.41, 5.74) is 3.73. The van der Waals surface area contributed by atoms with E-state index in [9.17, 15) is 0 Å². The number of allylic oxidation sites excluding steroid dienone is 1. The molecule has 0 amide bonds. The van der Waals surface area contributed by atoms with Crippen LogP contribution in [-0.2, 0) is 0 Å². The Morgan fingerprint density at radius 3 is 2.59 bits per heavy atom. The first kappa shape index (κ1) is 19.6. The SMILES string of the molecule is CC(=CC1=Cc2ccccc2OC1)N1CCN(CCCOc2ccccc2)CC1. The summed E-state index contributed by atoms with van der Waals surface area (Å²) in [5, 5.41) is 0. The summed E-state index contributed by atoms with van der Waals surface area (Å²) in [4.78, 5) is 5.02. The second kappa shape index (κ2) is 9.66. The number of hydrogen-bond acceptors (Lipinski definition) is 4. The Morgan fingerprint density at radius 2 is 1.76 bits per heavy atom. The lowest BCUT2D eigenvalue weighted by atomic mass is 10.1. The minimum Gasteiger partial charge on any atom is -0.494 e. The van der Waals surface area contributed by atoms with Crippen LogP contribution in [0.5, 0.6) is 11.5 Å². The second-order valence-electron chi connectivity index (χ2n) is 7.68. The van der Waals surface area contributed by atoms with Crippen molar-refractivity contribution in [2.45, 2.75) is 13.3 Å². The molecule has 0 aliphatic carbocycles. The third-order valence-electron chi connectivity index (χ3n) is 5.55. The van der Waals surface area contributed by atoms with Crippen LogP contribution in [-0.4, -0.2) is 55.7 Å². The molecule has 29 heavy (non-hydrogen) atoms. The third-order valence-corrected chi connectivity index (χ3v) is 5.55. The highest BCUT2D eigenvalue weighted by molar-refractivity contribution is 5.64. The van der Waals surface area contributed by atoms with E-state index < -0.39 is 0 Å². The van der Waals surface area contributed by atoms with Crippen molar-refractivity contribution < 1.29 is 9.47 Å². The fraction of sp³-hybridized carbons (Fsp3) is 0.360. The molecular formula is C25H30N2O2. The summed E-state index contributed by atoms with van der Waals surface area (Å²) in [5.74, 6) is 1.94. The largest absolute Gasteiger partial charge is 0.494 e. The number of para-hydroxylation sites is 2. The summed E-state index contributed by atoms with van der Waals surface area (Å²) in [6.45, 7) is 9.10. The van der Waals surface area contributed by atoms with Gasteiger partial charge in [0.05, 0.1) is 6.61 Å². The molecule has 0 bridgehead atoms. The van der Waals surface area contributed by atoms with Gasteiger partial charge >= 0.3 is 0 Å². The molecule has 2 aliphatic rings. The highest BCUT2D eigenvalue weighted by atomic mass is 16.5. The lowest BCUT2D eigenvalue weighted by Crippen LogP contribution is -2.45. The van der Waals surface area contributed by atoms with Crippen LogP contribution in [0.1, 0.15) is 18.9 Å². The standard InChI is InChI=1S/C25H30N2O2/c1-21(18-22-19-23-8-5-6-11-25(23)29-20-22)27-15-13-26(14-16-27)12-7-17-28-24-9-3-2-4-10-24/h2-6,8-11,18-19H,7,12-17,20H2,1H3. The molecular weight excluding hydrogens is 360 g/mol. The molecule has 0 unspecified atom stereocenters. The molecule has 4 rings (SSSR count). The van der Waals surface area contributed by atoms with E-state index in [0.717, 1.165) is 57.3 Å². The molecule has 4 nitrogen and oxygen atoms in total. The van der Waals surface area contributed by atoms with Crippen LogP contribution in [0.4, 0.5) is 0 Å². The molecule has 0 atom stereocenters.